The summed E-state index contributed by atoms with van der Waals surface area (Å²) in [5.41, 5.74) is 0.911. The van der Waals surface area contributed by atoms with Gasteiger partial charge in [-0.2, -0.15) is 0 Å². The van der Waals surface area contributed by atoms with E-state index in [1.54, 1.807) is 12.1 Å². The van der Waals surface area contributed by atoms with Gasteiger partial charge in [-0.15, -0.1) is 0 Å². The molecule has 6 nitrogen and oxygen atoms in total. The Labute approximate surface area is 164 Å². The third-order valence-corrected chi connectivity index (χ3v) is 6.17. The predicted molar refractivity (Wildman–Crippen MR) is 106 cm³/mol. The highest BCUT2D eigenvalue weighted by molar-refractivity contribution is 6.30. The van der Waals surface area contributed by atoms with Crippen molar-refractivity contribution in [1.29, 1.82) is 0 Å². The number of hydrogen-bond donors (Lipinski definition) is 1. The van der Waals surface area contributed by atoms with Crippen molar-refractivity contribution in [1.82, 2.24) is 14.9 Å². The zero-order valence-corrected chi connectivity index (χ0v) is 16.5. The number of aromatic nitrogens is 2. The molecule has 3 atom stereocenters. The molecule has 27 heavy (non-hydrogen) atoms. The van der Waals surface area contributed by atoms with E-state index in [-0.39, 0.29) is 5.69 Å². The summed E-state index contributed by atoms with van der Waals surface area (Å²) in [5.74, 6) is 0.284. The zero-order valence-electron chi connectivity index (χ0n) is 15.7. The van der Waals surface area contributed by atoms with E-state index in [0.29, 0.717) is 28.8 Å². The van der Waals surface area contributed by atoms with Crippen molar-refractivity contribution in [3.63, 3.8) is 0 Å². The maximum atomic E-state index is 11.8. The molecule has 0 aliphatic carbocycles. The van der Waals surface area contributed by atoms with Gasteiger partial charge in [-0.1, -0.05) is 24.4 Å². The van der Waals surface area contributed by atoms with E-state index in [2.05, 4.69) is 27.2 Å². The number of pyridine rings is 2. The summed E-state index contributed by atoms with van der Waals surface area (Å²) in [5, 5.41) is 4.86. The number of methoxy groups -OCH3 is 1. The van der Waals surface area contributed by atoms with Crippen LogP contribution in [0.25, 0.3) is 10.9 Å². The number of carbonyl (C=O) groups excluding carboxylic acids is 1. The second kappa shape index (κ2) is 7.60. The first-order valence-corrected chi connectivity index (χ1v) is 9.97. The lowest BCUT2D eigenvalue weighted by atomic mass is 9.90. The van der Waals surface area contributed by atoms with Crippen LogP contribution in [-0.4, -0.2) is 53.1 Å². The van der Waals surface area contributed by atoms with Crippen molar-refractivity contribution in [2.75, 3.05) is 19.5 Å². The van der Waals surface area contributed by atoms with Crippen LogP contribution in [0.4, 0.5) is 5.82 Å². The van der Waals surface area contributed by atoms with Gasteiger partial charge in [0, 0.05) is 29.6 Å². The summed E-state index contributed by atoms with van der Waals surface area (Å²) in [7, 11) is 3.61. The molecule has 0 spiro atoms. The third-order valence-electron chi connectivity index (χ3n) is 5.98. The lowest BCUT2D eigenvalue weighted by molar-refractivity contribution is 0.0594. The zero-order chi connectivity index (χ0) is 19.0. The summed E-state index contributed by atoms with van der Waals surface area (Å²) in [4.78, 5) is 23.2. The van der Waals surface area contributed by atoms with Crippen molar-refractivity contribution in [3.8, 4) is 0 Å². The molecule has 0 radical (unpaired) electrons. The minimum atomic E-state index is -0.460. The minimum absolute atomic E-state index is 0.267. The summed E-state index contributed by atoms with van der Waals surface area (Å²) in [6.45, 7) is 0. The number of halogens is 1. The molecule has 4 heterocycles. The van der Waals surface area contributed by atoms with Gasteiger partial charge in [0.2, 0.25) is 0 Å². The van der Waals surface area contributed by atoms with E-state index in [1.807, 2.05) is 6.07 Å². The number of ether oxygens (including phenoxy) is 1. The standard InChI is InChI=1S/C20H25ClN4O2/c1-25-13-5-3-4-6-14(25)10-12(9-13)22-19-15-7-8-16(20(26)27-2)23-17(15)11-18(21)24-19/h7-8,11-14H,3-6,9-10H2,1-2H3,(H,22,24)/t12?,13-,14+. The lowest BCUT2D eigenvalue weighted by Crippen LogP contribution is -2.49. The van der Waals surface area contributed by atoms with Crippen LogP contribution >= 0.6 is 11.6 Å². The largest absolute Gasteiger partial charge is 0.464 e. The maximum Gasteiger partial charge on any atom is 0.356 e. The molecule has 144 valence electrons. The van der Waals surface area contributed by atoms with Gasteiger partial charge in [0.05, 0.1) is 12.6 Å². The fraction of sp³-hybridized carbons (Fsp3) is 0.550. The quantitative estimate of drug-likeness (QED) is 0.635. The lowest BCUT2D eigenvalue weighted by Gasteiger charge is -2.42. The molecular formula is C20H25ClN4O2. The monoisotopic (exact) mass is 388 g/mol. The van der Waals surface area contributed by atoms with Gasteiger partial charge in [0.15, 0.2) is 0 Å². The van der Waals surface area contributed by atoms with Gasteiger partial charge in [-0.25, -0.2) is 14.8 Å². The maximum absolute atomic E-state index is 11.8. The van der Waals surface area contributed by atoms with Crippen molar-refractivity contribution in [2.45, 2.75) is 56.7 Å². The highest BCUT2D eigenvalue weighted by Crippen LogP contribution is 2.34. The van der Waals surface area contributed by atoms with Crippen molar-refractivity contribution < 1.29 is 9.53 Å². The molecule has 1 unspecified atom stereocenters. The van der Waals surface area contributed by atoms with Crippen molar-refractivity contribution >= 4 is 34.3 Å². The highest BCUT2D eigenvalue weighted by atomic mass is 35.5. The Morgan fingerprint density at radius 3 is 2.59 bits per heavy atom. The topological polar surface area (TPSA) is 67.3 Å². The second-order valence-corrected chi connectivity index (χ2v) is 8.01. The van der Waals surface area contributed by atoms with E-state index < -0.39 is 5.97 Å². The highest BCUT2D eigenvalue weighted by Gasteiger charge is 2.34. The molecule has 2 aliphatic heterocycles. The fourth-order valence-corrected chi connectivity index (χ4v) is 4.71. The summed E-state index contributed by atoms with van der Waals surface area (Å²) >= 11 is 6.24. The van der Waals surface area contributed by atoms with Gasteiger partial charge in [-0.05, 0) is 44.9 Å². The Hall–Kier alpha value is -1.92. The van der Waals surface area contributed by atoms with Gasteiger partial charge >= 0.3 is 5.97 Å². The molecule has 0 amide bonds. The second-order valence-electron chi connectivity index (χ2n) is 7.62. The molecule has 4 rings (SSSR count). The van der Waals surface area contributed by atoms with Crippen molar-refractivity contribution in [3.05, 3.63) is 29.0 Å². The van der Waals surface area contributed by atoms with Crippen LogP contribution in [-0.2, 0) is 4.74 Å². The predicted octanol–water partition coefficient (Wildman–Crippen LogP) is 3.89. The number of esters is 1. The average Bonchev–Trinajstić information content (AvgIpc) is 2.76. The number of nitrogens with zero attached hydrogens (tertiary/aromatic N) is 3. The number of nitrogens with one attached hydrogen (secondary N) is 1. The number of carbonyl (C=O) groups is 1. The molecule has 2 fully saturated rings. The molecule has 2 saturated heterocycles. The fourth-order valence-electron chi connectivity index (χ4n) is 4.52. The Kier molecular flexibility index (Phi) is 5.19. The Morgan fingerprint density at radius 2 is 1.93 bits per heavy atom. The Balaban J connectivity index is 1.62. The molecule has 7 heteroatoms. The summed E-state index contributed by atoms with van der Waals surface area (Å²) in [6.07, 6.45) is 7.37. The molecule has 0 saturated carbocycles. The number of rotatable bonds is 3. The third kappa shape index (κ3) is 3.73. The van der Waals surface area contributed by atoms with Crippen LogP contribution in [0.2, 0.25) is 5.15 Å². The molecule has 1 N–H and O–H groups in total. The van der Waals surface area contributed by atoms with Gasteiger partial charge in [0.25, 0.3) is 0 Å². The molecule has 2 bridgehead atoms. The number of piperidine rings is 1. The molecule has 2 aliphatic rings. The van der Waals surface area contributed by atoms with Crippen LogP contribution in [0.1, 0.15) is 49.0 Å². The van der Waals surface area contributed by atoms with E-state index >= 15 is 0 Å². The number of hydrogen-bond acceptors (Lipinski definition) is 6. The van der Waals surface area contributed by atoms with Crippen LogP contribution < -0.4 is 5.32 Å². The smallest absolute Gasteiger partial charge is 0.356 e. The van der Waals surface area contributed by atoms with Crippen LogP contribution in [0.15, 0.2) is 18.2 Å². The van der Waals surface area contributed by atoms with Gasteiger partial charge in [-0.3, -0.25) is 0 Å². The van der Waals surface area contributed by atoms with E-state index in [9.17, 15) is 4.79 Å². The van der Waals surface area contributed by atoms with E-state index in [4.69, 9.17) is 16.3 Å². The van der Waals surface area contributed by atoms with Gasteiger partial charge in [0.1, 0.15) is 16.7 Å². The minimum Gasteiger partial charge on any atom is -0.464 e. The molecule has 2 aromatic rings. The number of anilines is 1. The first kappa shape index (κ1) is 18.4. The number of fused-ring (bicyclic) bond motifs is 3. The van der Waals surface area contributed by atoms with Crippen LogP contribution in [0, 0.1) is 0 Å². The van der Waals surface area contributed by atoms with E-state index in [1.165, 1.54) is 32.8 Å². The SMILES string of the molecule is COC(=O)c1ccc2c(NC3C[C@H]4CCCC[C@@H](C3)N4C)nc(Cl)cc2n1. The molecular weight excluding hydrogens is 364 g/mol. The van der Waals surface area contributed by atoms with Crippen LogP contribution in [0.5, 0.6) is 0 Å². The molecule has 0 aromatic carbocycles. The summed E-state index contributed by atoms with van der Waals surface area (Å²) < 4.78 is 4.76. The van der Waals surface area contributed by atoms with E-state index in [0.717, 1.165) is 24.0 Å². The Morgan fingerprint density at radius 1 is 1.22 bits per heavy atom. The van der Waals surface area contributed by atoms with Gasteiger partial charge < -0.3 is 15.0 Å². The molecule has 2 aromatic heterocycles. The summed E-state index contributed by atoms with van der Waals surface area (Å²) in [6, 6.07) is 6.83. The van der Waals surface area contributed by atoms with Crippen molar-refractivity contribution in [2.24, 2.45) is 0 Å². The average molecular weight is 389 g/mol. The first-order valence-electron chi connectivity index (χ1n) is 9.59. The van der Waals surface area contributed by atoms with Crippen LogP contribution in [0.3, 0.4) is 0 Å². The normalized spacial score (nSPS) is 25.8. The Bertz CT molecular complexity index is 843. The first-order chi connectivity index (χ1) is 13.0.